The zero-order valence-corrected chi connectivity index (χ0v) is 14.3. The van der Waals surface area contributed by atoms with Gasteiger partial charge in [-0.1, -0.05) is 11.3 Å². The molecule has 0 spiro atoms. The lowest BCUT2D eigenvalue weighted by atomic mass is 10.2. The molecule has 2 N–H and O–H groups in total. The highest BCUT2D eigenvalue weighted by molar-refractivity contribution is 7.15. The molecule has 0 saturated heterocycles. The number of alkyl halides is 1. The molecule has 1 aliphatic rings. The number of halogens is 1. The fourth-order valence-electron chi connectivity index (χ4n) is 1.88. The Labute approximate surface area is 151 Å². The summed E-state index contributed by atoms with van der Waals surface area (Å²) in [7, 11) is 0. The normalized spacial score (nSPS) is 12.4. The van der Waals surface area contributed by atoms with Crippen LogP contribution in [0.25, 0.3) is 0 Å². The van der Waals surface area contributed by atoms with E-state index >= 15 is 0 Å². The molecule has 25 heavy (non-hydrogen) atoms. The predicted molar refractivity (Wildman–Crippen MR) is 91.3 cm³/mol. The predicted octanol–water partition coefficient (Wildman–Crippen LogP) is 1.14. The minimum absolute atomic E-state index is 0.00705. The summed E-state index contributed by atoms with van der Waals surface area (Å²) in [5.74, 6) is 0.389. The zero-order chi connectivity index (χ0) is 17.6. The van der Waals surface area contributed by atoms with Crippen LogP contribution >= 0.6 is 22.9 Å². The van der Waals surface area contributed by atoms with Gasteiger partial charge in [-0.25, -0.2) is 5.43 Å². The first-order valence-electron chi connectivity index (χ1n) is 7.04. The van der Waals surface area contributed by atoms with Crippen molar-refractivity contribution in [1.82, 2.24) is 15.6 Å². The lowest BCUT2D eigenvalue weighted by Gasteiger charge is -1.98. The Morgan fingerprint density at radius 2 is 2.12 bits per heavy atom. The van der Waals surface area contributed by atoms with E-state index < -0.39 is 0 Å². The second-order valence-electron chi connectivity index (χ2n) is 4.77. The maximum Gasteiger partial charge on any atom is 0.247 e. The summed E-state index contributed by atoms with van der Waals surface area (Å²) < 4.78 is 10.5. The Hall–Kier alpha value is -2.72. The number of amides is 2. The second kappa shape index (κ2) is 7.90. The largest absolute Gasteiger partial charge is 0.454 e. The lowest BCUT2D eigenvalue weighted by Crippen LogP contribution is -2.19. The molecule has 2 amide bonds. The second-order valence-corrected chi connectivity index (χ2v) is 6.09. The van der Waals surface area contributed by atoms with Crippen LogP contribution in [-0.2, 0) is 16.0 Å². The van der Waals surface area contributed by atoms with E-state index in [9.17, 15) is 9.59 Å². The average molecular weight is 382 g/mol. The Morgan fingerprint density at radius 3 is 2.96 bits per heavy atom. The number of hydrogen-bond acceptors (Lipinski definition) is 8. The molecule has 1 aromatic heterocycles. The number of hydrogen-bond donors (Lipinski definition) is 2. The Balaban J connectivity index is 1.50. The van der Waals surface area contributed by atoms with E-state index in [1.807, 2.05) is 0 Å². The van der Waals surface area contributed by atoms with Crippen LogP contribution in [0.4, 0.5) is 5.13 Å². The summed E-state index contributed by atoms with van der Waals surface area (Å²) in [5.41, 5.74) is 3.15. The third kappa shape index (κ3) is 4.64. The molecule has 1 aliphatic heterocycles. The number of hydrazone groups is 1. The van der Waals surface area contributed by atoms with Crippen LogP contribution < -0.4 is 20.2 Å². The van der Waals surface area contributed by atoms with Crippen molar-refractivity contribution in [3.63, 3.8) is 0 Å². The van der Waals surface area contributed by atoms with Crippen molar-refractivity contribution < 1.29 is 19.1 Å². The minimum Gasteiger partial charge on any atom is -0.454 e. The van der Waals surface area contributed by atoms with Crippen molar-refractivity contribution >= 4 is 46.1 Å². The third-order valence-corrected chi connectivity index (χ3v) is 4.03. The summed E-state index contributed by atoms with van der Waals surface area (Å²) in [5, 5.41) is 14.6. The van der Waals surface area contributed by atoms with Crippen LogP contribution in [0.2, 0.25) is 0 Å². The summed E-state index contributed by atoms with van der Waals surface area (Å²) in [4.78, 5) is 23.0. The van der Waals surface area contributed by atoms with Crippen molar-refractivity contribution in [2.75, 3.05) is 18.0 Å². The molecular weight excluding hydrogens is 370 g/mol. The Kier molecular flexibility index (Phi) is 5.41. The summed E-state index contributed by atoms with van der Waals surface area (Å²) >= 11 is 6.47. The minimum atomic E-state index is -0.387. The van der Waals surface area contributed by atoms with Gasteiger partial charge in [0.15, 0.2) is 11.5 Å². The maximum atomic E-state index is 11.8. The highest BCUT2D eigenvalue weighted by atomic mass is 35.5. The molecule has 0 fully saturated rings. The number of ether oxygens (including phenoxy) is 2. The quantitative estimate of drug-likeness (QED) is 0.440. The van der Waals surface area contributed by atoms with Crippen LogP contribution in [0.15, 0.2) is 23.3 Å². The average Bonchev–Trinajstić information content (AvgIpc) is 3.23. The number of carbonyl (C=O) groups excluding carboxylic acids is 2. The van der Waals surface area contributed by atoms with Crippen LogP contribution in [-0.4, -0.2) is 40.9 Å². The third-order valence-electron chi connectivity index (χ3n) is 2.95. The number of rotatable bonds is 6. The number of nitrogens with zero attached hydrogens (tertiary/aromatic N) is 3. The number of nitrogens with one attached hydrogen (secondary N) is 2. The fraction of sp³-hybridized carbons (Fsp3) is 0.214. The Bertz CT molecular complexity index is 825. The molecule has 0 unspecified atom stereocenters. The first-order chi connectivity index (χ1) is 12.1. The molecule has 2 heterocycles. The number of benzene rings is 1. The first-order valence-corrected chi connectivity index (χ1v) is 8.39. The Morgan fingerprint density at radius 1 is 1.28 bits per heavy atom. The summed E-state index contributed by atoms with van der Waals surface area (Å²) in [6.45, 7) is 0.196. The summed E-state index contributed by atoms with van der Waals surface area (Å²) in [6, 6.07) is 5.32. The molecule has 130 valence electrons. The molecule has 1 aromatic carbocycles. The van der Waals surface area contributed by atoms with Crippen LogP contribution in [0, 0.1) is 0 Å². The summed E-state index contributed by atoms with van der Waals surface area (Å²) in [6.07, 6.45) is 1.49. The topological polar surface area (TPSA) is 115 Å². The molecule has 9 nitrogen and oxygen atoms in total. The van der Waals surface area contributed by atoms with Gasteiger partial charge < -0.3 is 9.47 Å². The molecular formula is C14H12ClN5O4S. The van der Waals surface area contributed by atoms with Crippen molar-refractivity contribution in [2.24, 2.45) is 5.10 Å². The van der Waals surface area contributed by atoms with E-state index in [2.05, 4.69) is 26.0 Å². The van der Waals surface area contributed by atoms with Gasteiger partial charge in [-0.05, 0) is 23.8 Å². The van der Waals surface area contributed by atoms with Gasteiger partial charge in [0.1, 0.15) is 10.9 Å². The fourth-order valence-corrected chi connectivity index (χ4v) is 2.70. The van der Waals surface area contributed by atoms with Gasteiger partial charge in [0, 0.05) is 0 Å². The molecule has 11 heteroatoms. The van der Waals surface area contributed by atoms with Gasteiger partial charge in [-0.3, -0.25) is 14.9 Å². The maximum absolute atomic E-state index is 11.8. The van der Waals surface area contributed by atoms with Crippen LogP contribution in [0.1, 0.15) is 10.6 Å². The number of carbonyl (C=O) groups is 2. The van der Waals surface area contributed by atoms with Gasteiger partial charge in [-0.15, -0.1) is 21.8 Å². The molecule has 0 bridgehead atoms. The van der Waals surface area contributed by atoms with E-state index in [0.717, 1.165) is 16.9 Å². The molecule has 2 aromatic rings. The highest BCUT2D eigenvalue weighted by Gasteiger charge is 2.13. The molecule has 3 rings (SSSR count). The van der Waals surface area contributed by atoms with E-state index in [0.29, 0.717) is 16.5 Å². The van der Waals surface area contributed by atoms with E-state index in [-0.39, 0.29) is 36.0 Å². The van der Waals surface area contributed by atoms with E-state index in [1.54, 1.807) is 18.2 Å². The van der Waals surface area contributed by atoms with Crippen LogP contribution in [0.3, 0.4) is 0 Å². The van der Waals surface area contributed by atoms with Crippen molar-refractivity contribution in [3.8, 4) is 11.5 Å². The highest BCUT2D eigenvalue weighted by Crippen LogP contribution is 2.31. The first kappa shape index (κ1) is 17.1. The number of fused-ring (bicyclic) bond motifs is 1. The van der Waals surface area contributed by atoms with Gasteiger partial charge in [-0.2, -0.15) is 5.10 Å². The van der Waals surface area contributed by atoms with E-state index in [1.165, 1.54) is 6.21 Å². The van der Waals surface area contributed by atoms with Crippen molar-refractivity contribution in [2.45, 2.75) is 6.42 Å². The van der Waals surface area contributed by atoms with Gasteiger partial charge in [0.2, 0.25) is 23.7 Å². The van der Waals surface area contributed by atoms with Crippen molar-refractivity contribution in [1.29, 1.82) is 0 Å². The SMILES string of the molecule is O=C(Cc1nnc(NC(=O)CCl)s1)N/N=C\c1ccc2c(c1)OCO2. The lowest BCUT2D eigenvalue weighted by molar-refractivity contribution is -0.120. The smallest absolute Gasteiger partial charge is 0.247 e. The zero-order valence-electron chi connectivity index (χ0n) is 12.7. The van der Waals surface area contributed by atoms with Gasteiger partial charge in [0.05, 0.1) is 12.6 Å². The van der Waals surface area contributed by atoms with Gasteiger partial charge >= 0.3 is 0 Å². The monoisotopic (exact) mass is 381 g/mol. The van der Waals surface area contributed by atoms with Crippen LogP contribution in [0.5, 0.6) is 11.5 Å². The number of aromatic nitrogens is 2. The molecule has 0 radical (unpaired) electrons. The molecule has 0 atom stereocenters. The van der Waals surface area contributed by atoms with E-state index in [4.69, 9.17) is 21.1 Å². The van der Waals surface area contributed by atoms with Gasteiger partial charge in [0.25, 0.3) is 0 Å². The van der Waals surface area contributed by atoms with Crippen molar-refractivity contribution in [3.05, 3.63) is 28.8 Å². The molecule has 0 saturated carbocycles. The molecule has 0 aliphatic carbocycles. The standard InChI is InChI=1S/C14H12ClN5O4S/c15-5-12(22)17-14-20-19-13(25-14)4-11(21)18-16-6-8-1-2-9-10(3-8)24-7-23-9/h1-3,6H,4-5,7H2,(H,18,21)(H,17,20,22)/b16-6-. The number of anilines is 1.